The fourth-order valence-electron chi connectivity index (χ4n) is 0.845. The summed E-state index contributed by atoms with van der Waals surface area (Å²) in [5.41, 5.74) is 5.41. The molecule has 0 aromatic heterocycles. The van der Waals surface area contributed by atoms with E-state index in [4.69, 9.17) is 5.84 Å². The average Bonchev–Trinajstić information content (AvgIpc) is 1.88. The van der Waals surface area contributed by atoms with Gasteiger partial charge >= 0.3 is 0 Å². The SMILES string of the molecule is CCCC(CC)NNN. The molecule has 0 aliphatic heterocycles. The quantitative estimate of drug-likeness (QED) is 0.377. The monoisotopic (exact) mass is 131 g/mol. The lowest BCUT2D eigenvalue weighted by atomic mass is 10.1. The standard InChI is InChI=1S/C6H17N3/c1-3-5-6(4-2)8-9-7/h6,8-9H,3-5,7H2,1-2H3. The third-order valence-corrected chi connectivity index (χ3v) is 1.42. The molecule has 3 nitrogen and oxygen atoms in total. The molecule has 56 valence electrons. The Morgan fingerprint density at radius 2 is 2.11 bits per heavy atom. The summed E-state index contributed by atoms with van der Waals surface area (Å²) >= 11 is 0. The Labute approximate surface area is 56.9 Å². The molecule has 4 N–H and O–H groups in total. The van der Waals surface area contributed by atoms with Crippen LogP contribution >= 0.6 is 0 Å². The third kappa shape index (κ3) is 4.39. The molecule has 0 amide bonds. The average molecular weight is 131 g/mol. The fourth-order valence-corrected chi connectivity index (χ4v) is 0.845. The van der Waals surface area contributed by atoms with E-state index >= 15 is 0 Å². The van der Waals surface area contributed by atoms with Crippen molar-refractivity contribution in [3.63, 3.8) is 0 Å². The van der Waals surface area contributed by atoms with Crippen LogP contribution in [0.4, 0.5) is 0 Å². The second-order valence-corrected chi connectivity index (χ2v) is 2.18. The molecule has 0 aliphatic carbocycles. The lowest BCUT2D eigenvalue weighted by molar-refractivity contribution is 0.403. The lowest BCUT2D eigenvalue weighted by Crippen LogP contribution is -2.44. The van der Waals surface area contributed by atoms with Crippen LogP contribution in [-0.4, -0.2) is 6.04 Å². The normalized spacial score (nSPS) is 13.7. The molecule has 0 saturated carbocycles. The molecule has 9 heavy (non-hydrogen) atoms. The topological polar surface area (TPSA) is 50.1 Å². The zero-order chi connectivity index (χ0) is 7.11. The van der Waals surface area contributed by atoms with Crippen molar-refractivity contribution in [1.82, 2.24) is 11.0 Å². The van der Waals surface area contributed by atoms with E-state index in [-0.39, 0.29) is 0 Å². The Kier molecular flexibility index (Phi) is 5.93. The van der Waals surface area contributed by atoms with Gasteiger partial charge in [-0.3, -0.25) is 5.84 Å². The summed E-state index contributed by atoms with van der Waals surface area (Å²) in [6.07, 6.45) is 3.51. The number of rotatable bonds is 5. The molecular weight excluding hydrogens is 114 g/mol. The van der Waals surface area contributed by atoms with E-state index in [1.54, 1.807) is 0 Å². The summed E-state index contributed by atoms with van der Waals surface area (Å²) in [6.45, 7) is 4.31. The van der Waals surface area contributed by atoms with Gasteiger partial charge in [0.15, 0.2) is 0 Å². The Morgan fingerprint density at radius 1 is 1.44 bits per heavy atom. The molecule has 0 radical (unpaired) electrons. The smallest absolute Gasteiger partial charge is 0.0223 e. The maximum Gasteiger partial charge on any atom is 0.0223 e. The zero-order valence-electron chi connectivity index (χ0n) is 6.28. The van der Waals surface area contributed by atoms with E-state index < -0.39 is 0 Å². The molecule has 0 spiro atoms. The van der Waals surface area contributed by atoms with Gasteiger partial charge in [-0.25, -0.2) is 5.43 Å². The molecule has 0 fully saturated rings. The number of nitrogens with one attached hydrogen (secondary N) is 2. The van der Waals surface area contributed by atoms with Gasteiger partial charge in [0.05, 0.1) is 0 Å². The summed E-state index contributed by atoms with van der Waals surface area (Å²) in [7, 11) is 0. The highest BCUT2D eigenvalue weighted by atomic mass is 15.5. The van der Waals surface area contributed by atoms with Crippen molar-refractivity contribution in [3.8, 4) is 0 Å². The van der Waals surface area contributed by atoms with E-state index in [1.807, 2.05) is 0 Å². The molecule has 3 heteroatoms. The Bertz CT molecular complexity index is 50.3. The van der Waals surface area contributed by atoms with Gasteiger partial charge in [0, 0.05) is 6.04 Å². The first-order chi connectivity index (χ1) is 4.35. The van der Waals surface area contributed by atoms with Crippen molar-refractivity contribution in [2.24, 2.45) is 5.84 Å². The molecule has 0 saturated heterocycles. The van der Waals surface area contributed by atoms with Crippen LogP contribution in [0.5, 0.6) is 0 Å². The second kappa shape index (κ2) is 6.01. The van der Waals surface area contributed by atoms with Gasteiger partial charge in [-0.2, -0.15) is 5.53 Å². The van der Waals surface area contributed by atoms with E-state index in [9.17, 15) is 0 Å². The van der Waals surface area contributed by atoms with Crippen LogP contribution in [0.25, 0.3) is 0 Å². The highest BCUT2D eigenvalue weighted by Gasteiger charge is 2.00. The number of hydrazine groups is 2. The summed E-state index contributed by atoms with van der Waals surface area (Å²) < 4.78 is 0. The predicted molar refractivity (Wildman–Crippen MR) is 39.4 cm³/mol. The van der Waals surface area contributed by atoms with Gasteiger partial charge < -0.3 is 0 Å². The van der Waals surface area contributed by atoms with Crippen LogP contribution in [-0.2, 0) is 0 Å². The molecule has 0 heterocycles. The summed E-state index contributed by atoms with van der Waals surface area (Å²) in [4.78, 5) is 0. The predicted octanol–water partition coefficient (Wildman–Crippen LogP) is 0.533. The largest absolute Gasteiger partial charge is 0.258 e. The van der Waals surface area contributed by atoms with Crippen molar-refractivity contribution >= 4 is 0 Å². The van der Waals surface area contributed by atoms with Crippen molar-refractivity contribution in [1.29, 1.82) is 0 Å². The maximum absolute atomic E-state index is 5.07. The first-order valence-electron chi connectivity index (χ1n) is 3.56. The van der Waals surface area contributed by atoms with Gasteiger partial charge in [-0.15, -0.1) is 0 Å². The summed E-state index contributed by atoms with van der Waals surface area (Å²) in [5.74, 6) is 5.07. The van der Waals surface area contributed by atoms with Gasteiger partial charge in [0.2, 0.25) is 0 Å². The minimum Gasteiger partial charge on any atom is -0.258 e. The molecule has 0 bridgehead atoms. The van der Waals surface area contributed by atoms with Gasteiger partial charge in [0.25, 0.3) is 0 Å². The molecule has 0 aliphatic rings. The van der Waals surface area contributed by atoms with Gasteiger partial charge in [0.1, 0.15) is 0 Å². The maximum atomic E-state index is 5.07. The molecular formula is C6H17N3. The van der Waals surface area contributed by atoms with Crippen molar-refractivity contribution in [2.45, 2.75) is 39.2 Å². The minimum atomic E-state index is 0.528. The van der Waals surface area contributed by atoms with Crippen molar-refractivity contribution in [2.75, 3.05) is 0 Å². The van der Waals surface area contributed by atoms with E-state index in [0.29, 0.717) is 6.04 Å². The molecule has 0 aromatic rings. The zero-order valence-corrected chi connectivity index (χ0v) is 6.28. The molecule has 0 aromatic carbocycles. The first kappa shape index (κ1) is 8.88. The fraction of sp³-hybridized carbons (Fsp3) is 1.00. The van der Waals surface area contributed by atoms with E-state index in [2.05, 4.69) is 24.8 Å². The van der Waals surface area contributed by atoms with Crippen LogP contribution in [0.3, 0.4) is 0 Å². The molecule has 1 unspecified atom stereocenters. The van der Waals surface area contributed by atoms with Crippen LogP contribution in [0.2, 0.25) is 0 Å². The van der Waals surface area contributed by atoms with Crippen LogP contribution in [0, 0.1) is 0 Å². The number of hydrogen-bond acceptors (Lipinski definition) is 3. The van der Waals surface area contributed by atoms with Gasteiger partial charge in [-0.1, -0.05) is 20.3 Å². The van der Waals surface area contributed by atoms with Crippen LogP contribution in [0.1, 0.15) is 33.1 Å². The lowest BCUT2D eigenvalue weighted by Gasteiger charge is -2.13. The Morgan fingerprint density at radius 3 is 2.44 bits per heavy atom. The van der Waals surface area contributed by atoms with Crippen LogP contribution in [0.15, 0.2) is 0 Å². The third-order valence-electron chi connectivity index (χ3n) is 1.42. The van der Waals surface area contributed by atoms with Crippen LogP contribution < -0.4 is 16.8 Å². The van der Waals surface area contributed by atoms with Gasteiger partial charge in [-0.05, 0) is 12.8 Å². The first-order valence-corrected chi connectivity index (χ1v) is 3.56. The molecule has 0 rings (SSSR count). The number of nitrogens with two attached hydrogens (primary N) is 1. The molecule has 1 atom stereocenters. The number of hydrogen-bond donors (Lipinski definition) is 3. The summed E-state index contributed by atoms with van der Waals surface area (Å²) in [6, 6.07) is 0.528. The Hall–Kier alpha value is -0.120. The second-order valence-electron chi connectivity index (χ2n) is 2.18. The Balaban J connectivity index is 3.18. The van der Waals surface area contributed by atoms with Crippen molar-refractivity contribution in [3.05, 3.63) is 0 Å². The summed E-state index contributed by atoms with van der Waals surface area (Å²) in [5, 5.41) is 0. The highest BCUT2D eigenvalue weighted by molar-refractivity contribution is 4.58. The minimum absolute atomic E-state index is 0.528. The highest BCUT2D eigenvalue weighted by Crippen LogP contribution is 1.98. The van der Waals surface area contributed by atoms with E-state index in [0.717, 1.165) is 6.42 Å². The van der Waals surface area contributed by atoms with E-state index in [1.165, 1.54) is 12.8 Å². The van der Waals surface area contributed by atoms with Crippen molar-refractivity contribution < 1.29 is 0 Å².